The van der Waals surface area contributed by atoms with E-state index in [-0.39, 0.29) is 23.6 Å². The average molecular weight is 318 g/mol. The van der Waals surface area contributed by atoms with E-state index in [1.807, 2.05) is 0 Å². The van der Waals surface area contributed by atoms with Crippen molar-refractivity contribution in [2.45, 2.75) is 31.1 Å². The zero-order valence-corrected chi connectivity index (χ0v) is 12.1. The molecule has 122 valence electrons. The van der Waals surface area contributed by atoms with Crippen LogP contribution in [0.15, 0.2) is 6.20 Å². The number of rotatable bonds is 2. The summed E-state index contributed by atoms with van der Waals surface area (Å²) in [6.45, 7) is 0.810. The van der Waals surface area contributed by atoms with Crippen molar-refractivity contribution in [3.63, 3.8) is 0 Å². The third-order valence-corrected chi connectivity index (χ3v) is 3.81. The lowest BCUT2D eigenvalue weighted by molar-refractivity contribution is -0.155. The van der Waals surface area contributed by atoms with Crippen LogP contribution in [0.5, 0.6) is 5.75 Å². The molecular weight excluding hydrogens is 301 g/mol. The summed E-state index contributed by atoms with van der Waals surface area (Å²) in [6, 6.07) is -1.64. The lowest BCUT2D eigenvalue weighted by atomic mass is 10.1. The molecule has 9 heteroatoms. The maximum atomic E-state index is 13.0. The third kappa shape index (κ3) is 3.03. The van der Waals surface area contributed by atoms with Crippen LogP contribution < -0.4 is 15.0 Å². The smallest absolute Gasteiger partial charge is 0.412 e. The van der Waals surface area contributed by atoms with Gasteiger partial charge < -0.3 is 19.7 Å². The Morgan fingerprint density at radius 2 is 2.18 bits per heavy atom. The maximum Gasteiger partial charge on any atom is 0.412 e. The van der Waals surface area contributed by atoms with Crippen LogP contribution >= 0.6 is 0 Å². The van der Waals surface area contributed by atoms with Crippen molar-refractivity contribution in [2.24, 2.45) is 0 Å². The minimum atomic E-state index is -4.37. The number of hydrogen-bond donors (Lipinski definition) is 1. The lowest BCUT2D eigenvalue weighted by Crippen LogP contribution is -2.50. The fourth-order valence-electron chi connectivity index (χ4n) is 2.57. The number of hydrogen-bond acceptors (Lipinski definition) is 6. The highest BCUT2D eigenvalue weighted by atomic mass is 19.4. The molecular formula is C13H17F3N4O2. The van der Waals surface area contributed by atoms with Gasteiger partial charge in [-0.3, -0.25) is 0 Å². The summed E-state index contributed by atoms with van der Waals surface area (Å²) in [6.07, 6.45) is -1.13. The molecule has 2 aliphatic rings. The molecule has 0 saturated carbocycles. The van der Waals surface area contributed by atoms with E-state index in [4.69, 9.17) is 9.47 Å². The molecule has 3 rings (SSSR count). The Hall–Kier alpha value is -1.77. The van der Waals surface area contributed by atoms with Crippen LogP contribution in [-0.2, 0) is 4.74 Å². The molecule has 0 aromatic carbocycles. The van der Waals surface area contributed by atoms with Gasteiger partial charge in [-0.15, -0.1) is 0 Å². The molecule has 1 aromatic heterocycles. The second kappa shape index (κ2) is 5.79. The van der Waals surface area contributed by atoms with E-state index < -0.39 is 18.8 Å². The topological polar surface area (TPSA) is 59.5 Å². The lowest BCUT2D eigenvalue weighted by Gasteiger charge is -2.35. The Labute approximate surface area is 125 Å². The molecule has 6 nitrogen and oxygen atoms in total. The predicted octanol–water partition coefficient (Wildman–Crippen LogP) is 1.83. The predicted molar refractivity (Wildman–Crippen MR) is 73.2 cm³/mol. The summed E-state index contributed by atoms with van der Waals surface area (Å²) in [4.78, 5) is 9.36. The van der Waals surface area contributed by atoms with Crippen LogP contribution in [0.4, 0.5) is 24.9 Å². The number of fused-ring (bicyclic) bond motifs is 1. The van der Waals surface area contributed by atoms with Gasteiger partial charge in [-0.2, -0.15) is 18.2 Å². The van der Waals surface area contributed by atoms with Gasteiger partial charge in [0.15, 0.2) is 17.6 Å². The van der Waals surface area contributed by atoms with Gasteiger partial charge >= 0.3 is 6.18 Å². The fraction of sp³-hybridized carbons (Fsp3) is 0.692. The van der Waals surface area contributed by atoms with Crippen molar-refractivity contribution in [1.82, 2.24) is 9.97 Å². The third-order valence-electron chi connectivity index (χ3n) is 3.81. The minimum Gasteiger partial charge on any atom is -0.486 e. The van der Waals surface area contributed by atoms with Gasteiger partial charge in [0.05, 0.1) is 18.8 Å². The van der Waals surface area contributed by atoms with E-state index in [9.17, 15) is 13.2 Å². The van der Waals surface area contributed by atoms with Gasteiger partial charge in [0.2, 0.25) is 5.95 Å². The highest BCUT2D eigenvalue weighted by Crippen LogP contribution is 2.36. The Bertz CT molecular complexity index is 535. The molecule has 1 aromatic rings. The molecule has 0 bridgehead atoms. The molecule has 2 unspecified atom stereocenters. The van der Waals surface area contributed by atoms with Crippen LogP contribution in [0.2, 0.25) is 0 Å². The molecule has 0 aliphatic carbocycles. The van der Waals surface area contributed by atoms with Gasteiger partial charge in [-0.1, -0.05) is 0 Å². The van der Waals surface area contributed by atoms with Crippen LogP contribution in [0.25, 0.3) is 0 Å². The molecule has 22 heavy (non-hydrogen) atoms. The largest absolute Gasteiger partial charge is 0.486 e. The van der Waals surface area contributed by atoms with Crippen molar-refractivity contribution < 1.29 is 22.6 Å². The number of aromatic nitrogens is 2. The van der Waals surface area contributed by atoms with Gasteiger partial charge in [0.1, 0.15) is 6.61 Å². The highest BCUT2D eigenvalue weighted by Gasteiger charge is 2.46. The second-order valence-electron chi connectivity index (χ2n) is 5.42. The number of ether oxygens (including phenoxy) is 2. The van der Waals surface area contributed by atoms with Gasteiger partial charge in [0.25, 0.3) is 0 Å². The maximum absolute atomic E-state index is 13.0. The molecule has 1 saturated heterocycles. The summed E-state index contributed by atoms with van der Waals surface area (Å²) in [5, 5.41) is 3.09. The van der Waals surface area contributed by atoms with Crippen molar-refractivity contribution in [1.29, 1.82) is 0 Å². The first-order chi connectivity index (χ1) is 10.4. The molecule has 3 heterocycles. The number of nitrogens with one attached hydrogen (secondary N) is 1. The Morgan fingerprint density at radius 3 is 2.86 bits per heavy atom. The van der Waals surface area contributed by atoms with E-state index in [0.29, 0.717) is 6.61 Å². The minimum absolute atomic E-state index is 0.0695. The van der Waals surface area contributed by atoms with Crippen molar-refractivity contribution >= 4 is 11.8 Å². The summed E-state index contributed by atoms with van der Waals surface area (Å²) in [7, 11) is 1.36. The first-order valence-corrected chi connectivity index (χ1v) is 7.09. The summed E-state index contributed by atoms with van der Waals surface area (Å²) in [5.41, 5.74) is 0. The number of alkyl halides is 3. The van der Waals surface area contributed by atoms with E-state index in [2.05, 4.69) is 15.3 Å². The molecule has 0 radical (unpaired) electrons. The van der Waals surface area contributed by atoms with Crippen LogP contribution in [0.1, 0.15) is 12.8 Å². The van der Waals surface area contributed by atoms with E-state index in [0.717, 1.165) is 24.3 Å². The molecule has 0 spiro atoms. The number of halogens is 3. The number of anilines is 2. The van der Waals surface area contributed by atoms with E-state index >= 15 is 0 Å². The van der Waals surface area contributed by atoms with E-state index in [1.54, 1.807) is 0 Å². The summed E-state index contributed by atoms with van der Waals surface area (Å²) >= 11 is 0. The highest BCUT2D eigenvalue weighted by molar-refractivity contribution is 5.56. The van der Waals surface area contributed by atoms with Crippen molar-refractivity contribution in [2.75, 3.05) is 37.1 Å². The molecule has 1 fully saturated rings. The van der Waals surface area contributed by atoms with Crippen LogP contribution in [-0.4, -0.2) is 55.1 Å². The fourth-order valence-corrected chi connectivity index (χ4v) is 2.57. The quantitative estimate of drug-likeness (QED) is 0.898. The first-order valence-electron chi connectivity index (χ1n) is 7.09. The molecule has 2 aliphatic heterocycles. The van der Waals surface area contributed by atoms with Gasteiger partial charge in [-0.25, -0.2) is 4.98 Å². The number of nitrogens with zero attached hydrogens (tertiary/aromatic N) is 3. The Kier molecular flexibility index (Phi) is 3.98. The monoisotopic (exact) mass is 318 g/mol. The van der Waals surface area contributed by atoms with Crippen LogP contribution in [0.3, 0.4) is 0 Å². The first kappa shape index (κ1) is 15.1. The van der Waals surface area contributed by atoms with E-state index in [1.165, 1.54) is 13.2 Å². The summed E-state index contributed by atoms with van der Waals surface area (Å²) in [5.74, 6) is 0.684. The molecule has 1 N–H and O–H groups in total. The zero-order chi connectivity index (χ0) is 15.7. The standard InChI is InChI=1S/C13H17F3N4O2/c1-20-10(13(14,15)16)7-22-9-5-17-12(19-11(9)20)18-8-3-2-4-21-6-8/h5,8,10H,2-4,6-7H2,1H3,(H,17,18,19). The van der Waals surface area contributed by atoms with Gasteiger partial charge in [-0.05, 0) is 12.8 Å². The zero-order valence-electron chi connectivity index (χ0n) is 12.1. The second-order valence-corrected chi connectivity index (χ2v) is 5.42. The summed E-state index contributed by atoms with van der Waals surface area (Å²) < 4.78 is 49.4. The molecule has 2 atom stereocenters. The Balaban J connectivity index is 1.78. The normalized spacial score (nSPS) is 25.4. The Morgan fingerprint density at radius 1 is 1.36 bits per heavy atom. The van der Waals surface area contributed by atoms with Crippen molar-refractivity contribution in [3.8, 4) is 5.75 Å². The number of likely N-dealkylation sites (N-methyl/N-ethyl adjacent to an activating group) is 1. The van der Waals surface area contributed by atoms with Crippen molar-refractivity contribution in [3.05, 3.63) is 6.20 Å². The SMILES string of the molecule is CN1c2nc(NC3CCCOC3)ncc2OCC1C(F)(F)F. The van der Waals surface area contributed by atoms with Crippen LogP contribution in [0, 0.1) is 0 Å². The average Bonchev–Trinajstić information content (AvgIpc) is 2.48. The van der Waals surface area contributed by atoms with Gasteiger partial charge in [0, 0.05) is 13.7 Å². The molecule has 0 amide bonds.